The second kappa shape index (κ2) is 4.08. The van der Waals surface area contributed by atoms with Crippen LogP contribution in [0.4, 0.5) is 0 Å². The maximum absolute atomic E-state index is 4.18. The summed E-state index contributed by atoms with van der Waals surface area (Å²) in [5, 5.41) is 0. The fourth-order valence-corrected chi connectivity index (χ4v) is 1.26. The van der Waals surface area contributed by atoms with E-state index in [1.807, 2.05) is 31.5 Å². The van der Waals surface area contributed by atoms with E-state index in [9.17, 15) is 0 Å². The molecule has 2 nitrogen and oxygen atoms in total. The molecule has 0 spiro atoms. The number of rotatable bonds is 0. The quantitative estimate of drug-likeness (QED) is 0.603. The van der Waals surface area contributed by atoms with Crippen molar-refractivity contribution in [1.29, 1.82) is 0 Å². The van der Waals surface area contributed by atoms with Gasteiger partial charge in [0.05, 0.1) is 6.33 Å². The third-order valence-corrected chi connectivity index (χ3v) is 1.76. The van der Waals surface area contributed by atoms with E-state index in [1.54, 1.807) is 0 Å². The molecule has 0 aromatic carbocycles. The highest BCUT2D eigenvalue weighted by molar-refractivity contribution is 5.50. The molecule has 0 aliphatic rings. The fraction of sp³-hybridized carbons (Fsp3) is 0.364. The lowest BCUT2D eigenvalue weighted by Crippen LogP contribution is -1.85. The van der Waals surface area contributed by atoms with Crippen LogP contribution in [0.5, 0.6) is 0 Å². The summed E-state index contributed by atoms with van der Waals surface area (Å²) in [5.74, 6) is 0. The number of nitrogens with zero attached hydrogens (tertiary/aromatic N) is 2. The van der Waals surface area contributed by atoms with E-state index in [4.69, 9.17) is 0 Å². The van der Waals surface area contributed by atoms with Gasteiger partial charge in [-0.25, -0.2) is 4.98 Å². The second-order valence-corrected chi connectivity index (χ2v) is 2.88. The van der Waals surface area contributed by atoms with Crippen LogP contribution in [-0.2, 0) is 0 Å². The van der Waals surface area contributed by atoms with Crippen LogP contribution in [0, 0.1) is 13.8 Å². The maximum atomic E-state index is 4.18. The molecule has 70 valence electrons. The monoisotopic (exact) mass is 176 g/mol. The Balaban J connectivity index is 0.000000396. The van der Waals surface area contributed by atoms with Gasteiger partial charge in [0.1, 0.15) is 0 Å². The number of hydrogen-bond acceptors (Lipinski definition) is 1. The molecule has 0 atom stereocenters. The highest BCUT2D eigenvalue weighted by atomic mass is 14.9. The van der Waals surface area contributed by atoms with Gasteiger partial charge in [0.15, 0.2) is 0 Å². The molecule has 0 saturated heterocycles. The normalized spacial score (nSPS) is 9.54. The van der Waals surface area contributed by atoms with Gasteiger partial charge in [-0.1, -0.05) is 13.8 Å². The minimum absolute atomic E-state index is 1.07. The van der Waals surface area contributed by atoms with Gasteiger partial charge in [-0.15, -0.1) is 0 Å². The summed E-state index contributed by atoms with van der Waals surface area (Å²) in [6.07, 6.45) is 3.92. The van der Waals surface area contributed by atoms with Gasteiger partial charge in [0.2, 0.25) is 0 Å². The lowest BCUT2D eigenvalue weighted by Gasteiger charge is -1.93. The first-order valence-corrected chi connectivity index (χ1v) is 4.67. The van der Waals surface area contributed by atoms with Crippen molar-refractivity contribution in [3.63, 3.8) is 0 Å². The van der Waals surface area contributed by atoms with Crippen LogP contribution >= 0.6 is 0 Å². The SMILES string of the molecule is CC.Cc1cc2cc(C)ncn2c1. The van der Waals surface area contributed by atoms with Crippen molar-refractivity contribution in [1.82, 2.24) is 9.38 Å². The first-order valence-electron chi connectivity index (χ1n) is 4.67. The standard InChI is InChI=1S/C9H10N2.C2H6/c1-7-3-9-4-8(2)10-6-11(9)5-7;1-2/h3-6H,1-2H3;1-2H3. The van der Waals surface area contributed by atoms with E-state index in [1.165, 1.54) is 11.1 Å². The van der Waals surface area contributed by atoms with Crippen molar-refractivity contribution in [2.24, 2.45) is 0 Å². The van der Waals surface area contributed by atoms with Crippen LogP contribution in [0.15, 0.2) is 24.7 Å². The van der Waals surface area contributed by atoms with Crippen molar-refractivity contribution in [3.8, 4) is 0 Å². The molecule has 0 aliphatic carbocycles. The smallest absolute Gasteiger partial charge is 0.0993 e. The Labute approximate surface area is 79.2 Å². The zero-order chi connectivity index (χ0) is 9.84. The first-order chi connectivity index (χ1) is 6.25. The predicted molar refractivity (Wildman–Crippen MR) is 56.0 cm³/mol. The number of hydrogen-bond donors (Lipinski definition) is 0. The van der Waals surface area contributed by atoms with Crippen molar-refractivity contribution in [3.05, 3.63) is 35.9 Å². The Bertz CT molecular complexity index is 388. The summed E-state index contributed by atoms with van der Waals surface area (Å²) >= 11 is 0. The van der Waals surface area contributed by atoms with Crippen molar-refractivity contribution < 1.29 is 0 Å². The summed E-state index contributed by atoms with van der Waals surface area (Å²) in [6.45, 7) is 8.09. The molecule has 2 rings (SSSR count). The van der Waals surface area contributed by atoms with E-state index < -0.39 is 0 Å². The third kappa shape index (κ3) is 2.08. The van der Waals surface area contributed by atoms with E-state index in [-0.39, 0.29) is 0 Å². The fourth-order valence-electron chi connectivity index (χ4n) is 1.26. The molecule has 13 heavy (non-hydrogen) atoms. The Morgan fingerprint density at radius 3 is 2.54 bits per heavy atom. The molecule has 2 heteroatoms. The lowest BCUT2D eigenvalue weighted by molar-refractivity contribution is 1.05. The summed E-state index contributed by atoms with van der Waals surface area (Å²) in [7, 11) is 0. The molecular weight excluding hydrogens is 160 g/mol. The average molecular weight is 176 g/mol. The zero-order valence-electron chi connectivity index (χ0n) is 8.70. The minimum atomic E-state index is 1.07. The largest absolute Gasteiger partial charge is 0.308 e. The lowest BCUT2D eigenvalue weighted by atomic mass is 10.3. The summed E-state index contributed by atoms with van der Waals surface area (Å²) in [6, 6.07) is 4.22. The van der Waals surface area contributed by atoms with Crippen molar-refractivity contribution in [2.75, 3.05) is 0 Å². The van der Waals surface area contributed by atoms with Crippen molar-refractivity contribution in [2.45, 2.75) is 27.7 Å². The van der Waals surface area contributed by atoms with Crippen LogP contribution in [0.3, 0.4) is 0 Å². The summed E-state index contributed by atoms with van der Waals surface area (Å²) < 4.78 is 2.03. The Hall–Kier alpha value is -1.31. The topological polar surface area (TPSA) is 17.3 Å². The highest BCUT2D eigenvalue weighted by Crippen LogP contribution is 2.08. The molecule has 0 radical (unpaired) electrons. The van der Waals surface area contributed by atoms with Gasteiger partial charge < -0.3 is 4.40 Å². The molecular formula is C11H16N2. The molecule has 0 unspecified atom stereocenters. The van der Waals surface area contributed by atoms with Crippen molar-refractivity contribution >= 4 is 5.52 Å². The Morgan fingerprint density at radius 2 is 1.85 bits per heavy atom. The molecule has 0 fully saturated rings. The third-order valence-electron chi connectivity index (χ3n) is 1.76. The van der Waals surface area contributed by atoms with E-state index in [0.717, 1.165) is 5.69 Å². The minimum Gasteiger partial charge on any atom is -0.308 e. The predicted octanol–water partition coefficient (Wildman–Crippen LogP) is 2.98. The number of aryl methyl sites for hydroxylation is 2. The number of fused-ring (bicyclic) bond motifs is 1. The number of aromatic nitrogens is 2. The van der Waals surface area contributed by atoms with Crippen LogP contribution in [-0.4, -0.2) is 9.38 Å². The molecule has 2 aromatic heterocycles. The van der Waals surface area contributed by atoms with E-state index in [0.29, 0.717) is 0 Å². The molecule has 2 heterocycles. The molecule has 0 N–H and O–H groups in total. The molecule has 0 amide bonds. The van der Waals surface area contributed by atoms with Crippen LogP contribution in [0.25, 0.3) is 5.52 Å². The first kappa shape index (κ1) is 9.78. The zero-order valence-corrected chi connectivity index (χ0v) is 8.70. The van der Waals surface area contributed by atoms with Gasteiger partial charge in [-0.05, 0) is 31.5 Å². The highest BCUT2D eigenvalue weighted by Gasteiger charge is 1.94. The van der Waals surface area contributed by atoms with Crippen LogP contribution < -0.4 is 0 Å². The van der Waals surface area contributed by atoms with Gasteiger partial charge in [-0.2, -0.15) is 0 Å². The Kier molecular flexibility index (Phi) is 3.07. The summed E-state index contributed by atoms with van der Waals surface area (Å²) in [5.41, 5.74) is 3.56. The molecule has 2 aromatic rings. The van der Waals surface area contributed by atoms with Crippen LogP contribution in [0.2, 0.25) is 0 Å². The molecule has 0 saturated carbocycles. The van der Waals surface area contributed by atoms with E-state index >= 15 is 0 Å². The van der Waals surface area contributed by atoms with Gasteiger partial charge in [-0.3, -0.25) is 0 Å². The molecule has 0 aliphatic heterocycles. The Morgan fingerprint density at radius 1 is 1.15 bits per heavy atom. The maximum Gasteiger partial charge on any atom is 0.0993 e. The molecule has 0 bridgehead atoms. The second-order valence-electron chi connectivity index (χ2n) is 2.88. The van der Waals surface area contributed by atoms with Gasteiger partial charge in [0, 0.05) is 17.4 Å². The van der Waals surface area contributed by atoms with E-state index in [2.05, 4.69) is 30.2 Å². The van der Waals surface area contributed by atoms with Gasteiger partial charge >= 0.3 is 0 Å². The average Bonchev–Trinajstić information content (AvgIpc) is 2.48. The van der Waals surface area contributed by atoms with Crippen LogP contribution in [0.1, 0.15) is 25.1 Å². The van der Waals surface area contributed by atoms with Gasteiger partial charge in [0.25, 0.3) is 0 Å². The summed E-state index contributed by atoms with van der Waals surface area (Å²) in [4.78, 5) is 4.18.